The monoisotopic (exact) mass is 392 g/mol. The molecule has 1 heterocycles. The third-order valence-corrected chi connectivity index (χ3v) is 6.00. The number of rotatable bonds is 5. The molecule has 1 aromatic rings. The summed E-state index contributed by atoms with van der Waals surface area (Å²) in [5, 5.41) is 11.2. The van der Waals surface area contributed by atoms with Crippen LogP contribution in [-0.4, -0.2) is 63.1 Å². The average molecular weight is 393 g/mol. The van der Waals surface area contributed by atoms with Crippen LogP contribution in [0.25, 0.3) is 0 Å². The molecule has 0 radical (unpaired) electrons. The molecule has 1 N–H and O–H groups in total. The van der Waals surface area contributed by atoms with Crippen LogP contribution in [0.5, 0.6) is 0 Å². The van der Waals surface area contributed by atoms with Crippen LogP contribution in [-0.2, 0) is 4.79 Å². The molecule has 1 aromatic carbocycles. The third-order valence-electron chi connectivity index (χ3n) is 5.39. The first-order chi connectivity index (χ1) is 12.4. The van der Waals surface area contributed by atoms with Gasteiger partial charge in [0.2, 0.25) is 0 Å². The highest BCUT2D eigenvalue weighted by Gasteiger charge is 2.66. The van der Waals surface area contributed by atoms with Crippen molar-refractivity contribution in [2.45, 2.75) is 58.3 Å². The van der Waals surface area contributed by atoms with Crippen molar-refractivity contribution >= 4 is 23.6 Å². The predicted octanol–water partition coefficient (Wildman–Crippen LogP) is 3.24. The normalized spacial score (nSPS) is 23.9. The highest BCUT2D eigenvalue weighted by Crippen LogP contribution is 2.47. The largest absolute Gasteiger partial charge is 0.387 e. The van der Waals surface area contributed by atoms with Gasteiger partial charge in [0.15, 0.2) is 5.54 Å². The maximum absolute atomic E-state index is 13.6. The quantitative estimate of drug-likeness (QED) is 0.836. The molecule has 0 aromatic heterocycles. The first-order valence-electron chi connectivity index (χ1n) is 9.27. The number of amides is 2. The molecule has 150 valence electrons. The van der Waals surface area contributed by atoms with Crippen molar-refractivity contribution in [2.75, 3.05) is 19.1 Å². The fraction of sp³-hybridized carbons (Fsp3) is 0.619. The Morgan fingerprint density at radius 2 is 1.74 bits per heavy atom. The zero-order valence-electron chi connectivity index (χ0n) is 17.4. The number of nitrogens with zero attached hydrogens (tertiary/aromatic N) is 2. The van der Waals surface area contributed by atoms with Crippen molar-refractivity contribution in [3.05, 3.63) is 35.9 Å². The summed E-state index contributed by atoms with van der Waals surface area (Å²) in [5.74, 6) is 0.239. The second-order valence-corrected chi connectivity index (χ2v) is 9.84. The zero-order chi connectivity index (χ0) is 20.6. The van der Waals surface area contributed by atoms with E-state index in [0.717, 1.165) is 0 Å². The van der Waals surface area contributed by atoms with Crippen molar-refractivity contribution in [3.63, 3.8) is 0 Å². The SMILES string of the molecule is CSCCC1(C(C)(C)O)C(=O)N(C)C(C(C)(C)C)N1C(=O)c1ccccc1. The Bertz CT molecular complexity index is 694. The highest BCUT2D eigenvalue weighted by molar-refractivity contribution is 7.98. The van der Waals surface area contributed by atoms with Gasteiger partial charge in [-0.25, -0.2) is 0 Å². The van der Waals surface area contributed by atoms with Crippen LogP contribution in [0.15, 0.2) is 30.3 Å². The second kappa shape index (κ2) is 7.47. The van der Waals surface area contributed by atoms with Gasteiger partial charge in [-0.05, 0) is 44.4 Å². The summed E-state index contributed by atoms with van der Waals surface area (Å²) in [6, 6.07) is 9.00. The summed E-state index contributed by atoms with van der Waals surface area (Å²) in [7, 11) is 1.73. The maximum atomic E-state index is 13.6. The van der Waals surface area contributed by atoms with Crippen LogP contribution in [0, 0.1) is 5.41 Å². The van der Waals surface area contributed by atoms with E-state index in [-0.39, 0.29) is 17.2 Å². The number of carbonyl (C=O) groups excluding carboxylic acids is 2. The Morgan fingerprint density at radius 3 is 2.19 bits per heavy atom. The smallest absolute Gasteiger partial charge is 0.256 e. The van der Waals surface area contributed by atoms with Gasteiger partial charge in [-0.2, -0.15) is 11.8 Å². The van der Waals surface area contributed by atoms with Gasteiger partial charge in [-0.3, -0.25) is 14.5 Å². The number of likely N-dealkylation sites (N-methyl/N-ethyl adjacent to an activating group) is 1. The fourth-order valence-corrected chi connectivity index (χ4v) is 4.70. The summed E-state index contributed by atoms with van der Waals surface area (Å²) in [5.41, 5.74) is -2.55. The number of aliphatic hydroxyl groups is 1. The molecular weight excluding hydrogens is 360 g/mol. The molecule has 0 saturated carbocycles. The Hall–Kier alpha value is -1.53. The van der Waals surface area contributed by atoms with E-state index in [4.69, 9.17) is 0 Å². The molecule has 5 nitrogen and oxygen atoms in total. The first-order valence-corrected chi connectivity index (χ1v) is 10.7. The van der Waals surface area contributed by atoms with E-state index in [9.17, 15) is 14.7 Å². The molecule has 1 aliphatic rings. The van der Waals surface area contributed by atoms with Crippen molar-refractivity contribution in [3.8, 4) is 0 Å². The number of thioether (sulfide) groups is 1. The van der Waals surface area contributed by atoms with Gasteiger partial charge < -0.3 is 10.0 Å². The summed E-state index contributed by atoms with van der Waals surface area (Å²) in [6.07, 6.45) is 1.91. The molecule has 1 aliphatic heterocycles. The first kappa shape index (κ1) is 21.8. The molecule has 1 saturated heterocycles. The molecule has 1 fully saturated rings. The minimum atomic E-state index is -1.39. The zero-order valence-corrected chi connectivity index (χ0v) is 18.3. The average Bonchev–Trinajstić information content (AvgIpc) is 2.81. The Balaban J connectivity index is 2.74. The van der Waals surface area contributed by atoms with Crippen molar-refractivity contribution in [2.24, 2.45) is 5.41 Å². The number of hydrogen-bond donors (Lipinski definition) is 1. The lowest BCUT2D eigenvalue weighted by Gasteiger charge is -2.47. The van der Waals surface area contributed by atoms with Crippen molar-refractivity contribution in [1.29, 1.82) is 0 Å². The van der Waals surface area contributed by atoms with Gasteiger partial charge in [0.25, 0.3) is 11.8 Å². The van der Waals surface area contributed by atoms with Crippen LogP contribution in [0.3, 0.4) is 0 Å². The number of benzene rings is 1. The van der Waals surface area contributed by atoms with Gasteiger partial charge in [0, 0.05) is 18.0 Å². The van der Waals surface area contributed by atoms with Crippen molar-refractivity contribution < 1.29 is 14.7 Å². The summed E-state index contributed by atoms with van der Waals surface area (Å²) >= 11 is 1.60. The van der Waals surface area contributed by atoms with Gasteiger partial charge in [0.05, 0.1) is 5.60 Å². The number of carbonyl (C=O) groups is 2. The topological polar surface area (TPSA) is 60.9 Å². The van der Waals surface area contributed by atoms with E-state index in [1.807, 2.05) is 45.2 Å². The van der Waals surface area contributed by atoms with Crippen LogP contribution in [0.2, 0.25) is 0 Å². The van der Waals surface area contributed by atoms with Gasteiger partial charge in [-0.15, -0.1) is 0 Å². The standard InChI is InChI=1S/C21H32N2O3S/c1-19(2,3)17-22(6)18(25)21(13-14-27-7,20(4,5)26)23(17)16(24)15-11-9-8-10-12-15/h8-12,17,26H,13-14H2,1-7H3. The fourth-order valence-electron chi connectivity index (χ4n) is 4.20. The van der Waals surface area contributed by atoms with E-state index in [1.54, 1.807) is 54.6 Å². The lowest BCUT2D eigenvalue weighted by Crippen LogP contribution is -2.66. The molecule has 6 heteroatoms. The van der Waals surface area contributed by atoms with Crippen LogP contribution in [0.1, 0.15) is 51.4 Å². The number of hydrogen-bond acceptors (Lipinski definition) is 4. The van der Waals surface area contributed by atoms with E-state index in [0.29, 0.717) is 17.7 Å². The molecule has 2 unspecified atom stereocenters. The molecule has 2 rings (SSSR count). The predicted molar refractivity (Wildman–Crippen MR) is 111 cm³/mol. The van der Waals surface area contributed by atoms with E-state index in [1.165, 1.54) is 0 Å². The molecule has 2 amide bonds. The van der Waals surface area contributed by atoms with Crippen LogP contribution < -0.4 is 0 Å². The lowest BCUT2D eigenvalue weighted by atomic mass is 9.77. The Labute approximate surface area is 167 Å². The van der Waals surface area contributed by atoms with E-state index < -0.39 is 17.3 Å². The summed E-state index contributed by atoms with van der Waals surface area (Å²) in [6.45, 7) is 9.32. The molecule has 27 heavy (non-hydrogen) atoms. The van der Waals surface area contributed by atoms with E-state index in [2.05, 4.69) is 0 Å². The summed E-state index contributed by atoms with van der Waals surface area (Å²) < 4.78 is 0. The molecule has 2 atom stereocenters. The Kier molecular flexibility index (Phi) is 6.02. The third kappa shape index (κ3) is 3.61. The highest BCUT2D eigenvalue weighted by atomic mass is 32.2. The minimum Gasteiger partial charge on any atom is -0.387 e. The molecular formula is C21H32N2O3S. The van der Waals surface area contributed by atoms with Crippen molar-refractivity contribution in [1.82, 2.24) is 9.80 Å². The minimum absolute atomic E-state index is 0.201. The molecule has 0 spiro atoms. The van der Waals surface area contributed by atoms with E-state index >= 15 is 0 Å². The van der Waals surface area contributed by atoms with Gasteiger partial charge >= 0.3 is 0 Å². The van der Waals surface area contributed by atoms with Crippen LogP contribution in [0.4, 0.5) is 0 Å². The summed E-state index contributed by atoms with van der Waals surface area (Å²) in [4.78, 5) is 30.5. The molecule has 0 bridgehead atoms. The van der Waals surface area contributed by atoms with Gasteiger partial charge in [0.1, 0.15) is 6.17 Å². The maximum Gasteiger partial charge on any atom is 0.256 e. The lowest BCUT2D eigenvalue weighted by molar-refractivity contribution is -0.144. The van der Waals surface area contributed by atoms with Gasteiger partial charge in [-0.1, -0.05) is 39.0 Å². The second-order valence-electron chi connectivity index (χ2n) is 8.86. The molecule has 0 aliphatic carbocycles. The van der Waals surface area contributed by atoms with Crippen LogP contribution >= 0.6 is 11.8 Å². The Morgan fingerprint density at radius 1 is 1.19 bits per heavy atom.